The quantitative estimate of drug-likeness (QED) is 0.779. The normalized spacial score (nSPS) is 11.4. The van der Waals surface area contributed by atoms with E-state index in [1.54, 1.807) is 42.6 Å². The summed E-state index contributed by atoms with van der Waals surface area (Å²) in [5, 5.41) is 1.06. The lowest BCUT2D eigenvalue weighted by Gasteiger charge is -2.04. The van der Waals surface area contributed by atoms with Gasteiger partial charge >= 0.3 is 0 Å². The topological polar surface area (TPSA) is 30.0 Å². The number of nitrogens with zero attached hydrogens (tertiary/aromatic N) is 1. The number of ketones is 1. The Balaban J connectivity index is 2.50. The van der Waals surface area contributed by atoms with Crippen molar-refractivity contribution >= 4 is 40.6 Å². The third-order valence-electron chi connectivity index (χ3n) is 2.52. The van der Waals surface area contributed by atoms with Crippen molar-refractivity contribution in [2.24, 2.45) is 0 Å². The number of rotatable bonds is 3. The Morgan fingerprint density at radius 1 is 1.16 bits per heavy atom. The molecule has 0 bridgehead atoms. The molecule has 0 amide bonds. The fourth-order valence-corrected chi connectivity index (χ4v) is 2.25. The molecule has 1 aromatic carbocycles. The summed E-state index contributed by atoms with van der Waals surface area (Å²) in [6, 6.07) is 10.6. The minimum atomic E-state index is -0.0604. The molecule has 0 unspecified atom stereocenters. The summed E-state index contributed by atoms with van der Waals surface area (Å²) in [7, 11) is 0. The second kappa shape index (κ2) is 6.00. The van der Waals surface area contributed by atoms with Crippen LogP contribution in [-0.4, -0.2) is 10.8 Å². The zero-order valence-electron chi connectivity index (χ0n) is 10.2. The predicted octanol–water partition coefficient (Wildman–Crippen LogP) is 4.52. The van der Waals surface area contributed by atoms with Gasteiger partial charge in [-0.1, -0.05) is 29.3 Å². The highest BCUT2D eigenvalue weighted by Crippen LogP contribution is 2.23. The summed E-state index contributed by atoms with van der Waals surface area (Å²) in [4.78, 5) is 15.9. The van der Waals surface area contributed by atoms with Gasteiger partial charge in [0.2, 0.25) is 0 Å². The minimum absolute atomic E-state index is 0.0604. The van der Waals surface area contributed by atoms with Gasteiger partial charge in [-0.25, -0.2) is 0 Å². The summed E-state index contributed by atoms with van der Waals surface area (Å²) in [6.07, 6.45) is 3.39. The lowest BCUT2D eigenvalue weighted by atomic mass is 10.0. The number of benzene rings is 1. The van der Waals surface area contributed by atoms with Crippen molar-refractivity contribution in [1.29, 1.82) is 0 Å². The number of Topliss-reactive ketones (excluding diaryl/α,β-unsaturated/α-hetero) is 1. The van der Waals surface area contributed by atoms with Gasteiger partial charge in [0.05, 0.1) is 5.69 Å². The van der Waals surface area contributed by atoms with Crippen LogP contribution in [-0.2, 0) is 4.79 Å². The lowest BCUT2D eigenvalue weighted by molar-refractivity contribution is -0.111. The fraction of sp³-hybridized carbons (Fsp3) is 0.0667. The molecule has 0 saturated heterocycles. The van der Waals surface area contributed by atoms with Crippen LogP contribution in [0.2, 0.25) is 10.0 Å². The van der Waals surface area contributed by atoms with Crippen molar-refractivity contribution in [1.82, 2.24) is 4.98 Å². The largest absolute Gasteiger partial charge is 0.294 e. The maximum atomic E-state index is 11.7. The summed E-state index contributed by atoms with van der Waals surface area (Å²) < 4.78 is 0. The maximum Gasteiger partial charge on any atom is 0.161 e. The SMILES string of the molecule is CC(=O)/C(=C/c1cc(Cl)cc(Cl)c1)c1ccccn1. The highest BCUT2D eigenvalue weighted by atomic mass is 35.5. The Kier molecular flexibility index (Phi) is 4.35. The van der Waals surface area contributed by atoms with Crippen molar-refractivity contribution < 1.29 is 4.79 Å². The fourth-order valence-electron chi connectivity index (χ4n) is 1.70. The average Bonchev–Trinajstić information content (AvgIpc) is 2.35. The van der Waals surface area contributed by atoms with Crippen molar-refractivity contribution in [3.63, 3.8) is 0 Å². The van der Waals surface area contributed by atoms with Crippen molar-refractivity contribution in [3.05, 3.63) is 63.9 Å². The second-order valence-corrected chi connectivity index (χ2v) is 4.90. The first-order valence-corrected chi connectivity index (χ1v) is 6.42. The van der Waals surface area contributed by atoms with E-state index >= 15 is 0 Å². The highest BCUT2D eigenvalue weighted by molar-refractivity contribution is 6.35. The lowest BCUT2D eigenvalue weighted by Crippen LogP contribution is -1.98. The molecule has 1 heterocycles. The van der Waals surface area contributed by atoms with Crippen LogP contribution >= 0.6 is 23.2 Å². The molecule has 1 aromatic heterocycles. The van der Waals surface area contributed by atoms with Gasteiger partial charge in [0.25, 0.3) is 0 Å². The molecule has 2 nitrogen and oxygen atoms in total. The molecular weight excluding hydrogens is 281 g/mol. The van der Waals surface area contributed by atoms with Gasteiger partial charge in [0, 0.05) is 21.8 Å². The highest BCUT2D eigenvalue weighted by Gasteiger charge is 2.08. The molecular formula is C15H11Cl2NO. The monoisotopic (exact) mass is 291 g/mol. The molecule has 2 rings (SSSR count). The van der Waals surface area contributed by atoms with Crippen LogP contribution in [0.15, 0.2) is 42.6 Å². The number of allylic oxidation sites excluding steroid dienone is 1. The maximum absolute atomic E-state index is 11.7. The molecule has 0 N–H and O–H groups in total. The Bertz CT molecular complexity index is 616. The second-order valence-electron chi connectivity index (χ2n) is 4.03. The van der Waals surface area contributed by atoms with Gasteiger partial charge in [-0.3, -0.25) is 9.78 Å². The van der Waals surface area contributed by atoms with Crippen LogP contribution in [0.25, 0.3) is 11.6 Å². The van der Waals surface area contributed by atoms with Gasteiger partial charge in [-0.15, -0.1) is 0 Å². The van der Waals surface area contributed by atoms with E-state index in [4.69, 9.17) is 23.2 Å². The van der Waals surface area contributed by atoms with Crippen LogP contribution in [0.1, 0.15) is 18.2 Å². The number of hydrogen-bond acceptors (Lipinski definition) is 2. The number of halogens is 2. The Morgan fingerprint density at radius 2 is 1.84 bits per heavy atom. The van der Waals surface area contributed by atoms with E-state index in [9.17, 15) is 4.79 Å². The Hall–Kier alpha value is -1.64. The number of hydrogen-bond donors (Lipinski definition) is 0. The summed E-state index contributed by atoms with van der Waals surface area (Å²) >= 11 is 11.9. The van der Waals surface area contributed by atoms with E-state index in [0.29, 0.717) is 21.3 Å². The average molecular weight is 292 g/mol. The first-order valence-electron chi connectivity index (χ1n) is 5.66. The van der Waals surface area contributed by atoms with Crippen molar-refractivity contribution in [2.75, 3.05) is 0 Å². The molecule has 2 aromatic rings. The van der Waals surface area contributed by atoms with Gasteiger partial charge in [-0.05, 0) is 48.9 Å². The zero-order valence-corrected chi connectivity index (χ0v) is 11.7. The van der Waals surface area contributed by atoms with E-state index in [0.717, 1.165) is 5.56 Å². The number of carbonyl (C=O) groups is 1. The number of aromatic nitrogens is 1. The van der Waals surface area contributed by atoms with Gasteiger partial charge in [0.1, 0.15) is 0 Å². The molecule has 0 radical (unpaired) electrons. The first kappa shape index (κ1) is 13.8. The van der Waals surface area contributed by atoms with Gasteiger partial charge < -0.3 is 0 Å². The molecule has 19 heavy (non-hydrogen) atoms. The van der Waals surface area contributed by atoms with E-state index in [2.05, 4.69) is 4.98 Å². The number of carbonyl (C=O) groups excluding carboxylic acids is 1. The Labute approximate surface area is 121 Å². The van der Waals surface area contributed by atoms with Crippen LogP contribution < -0.4 is 0 Å². The molecule has 4 heteroatoms. The predicted molar refractivity (Wildman–Crippen MR) is 79.3 cm³/mol. The Morgan fingerprint density at radius 3 is 2.37 bits per heavy atom. The molecule has 0 aliphatic heterocycles. The van der Waals surface area contributed by atoms with E-state index in [-0.39, 0.29) is 5.78 Å². The van der Waals surface area contributed by atoms with E-state index in [1.165, 1.54) is 6.92 Å². The van der Waals surface area contributed by atoms with Crippen LogP contribution in [0.5, 0.6) is 0 Å². The van der Waals surface area contributed by atoms with Crippen molar-refractivity contribution in [3.8, 4) is 0 Å². The molecule has 0 aliphatic rings. The third-order valence-corrected chi connectivity index (χ3v) is 2.95. The van der Waals surface area contributed by atoms with Crippen LogP contribution in [0.4, 0.5) is 0 Å². The van der Waals surface area contributed by atoms with Crippen LogP contribution in [0.3, 0.4) is 0 Å². The van der Waals surface area contributed by atoms with Gasteiger partial charge in [-0.2, -0.15) is 0 Å². The molecule has 0 fully saturated rings. The molecule has 96 valence electrons. The summed E-state index contributed by atoms with van der Waals surface area (Å²) in [5.74, 6) is -0.0604. The van der Waals surface area contributed by atoms with Crippen LogP contribution in [0, 0.1) is 0 Å². The molecule has 0 atom stereocenters. The molecule has 0 saturated carbocycles. The smallest absolute Gasteiger partial charge is 0.161 e. The molecule has 0 aliphatic carbocycles. The minimum Gasteiger partial charge on any atom is -0.294 e. The van der Waals surface area contributed by atoms with Crippen molar-refractivity contribution in [2.45, 2.75) is 6.92 Å². The third kappa shape index (κ3) is 3.66. The van der Waals surface area contributed by atoms with E-state index < -0.39 is 0 Å². The molecule has 0 spiro atoms. The zero-order chi connectivity index (χ0) is 13.8. The summed E-state index contributed by atoms with van der Waals surface area (Å²) in [5.41, 5.74) is 1.93. The number of pyridine rings is 1. The van der Waals surface area contributed by atoms with E-state index in [1.807, 2.05) is 6.07 Å². The summed E-state index contributed by atoms with van der Waals surface area (Å²) in [6.45, 7) is 1.51. The first-order chi connectivity index (χ1) is 9.06. The van der Waals surface area contributed by atoms with Gasteiger partial charge in [0.15, 0.2) is 5.78 Å². The standard InChI is InChI=1S/C15H11Cl2NO/c1-10(19)14(15-4-2-3-5-18-15)8-11-6-12(16)9-13(17)7-11/h2-9H,1H3/b14-8-.